The number of amides is 1. The minimum Gasteiger partial charge on any atom is -0.356 e. The van der Waals surface area contributed by atoms with Gasteiger partial charge in [-0.15, -0.1) is 24.0 Å². The molecule has 0 fully saturated rings. The van der Waals surface area contributed by atoms with Crippen molar-refractivity contribution < 1.29 is 9.18 Å². The number of aliphatic imine (C=N–C) groups is 1. The lowest BCUT2D eigenvalue weighted by atomic mass is 9.92. The highest BCUT2D eigenvalue weighted by atomic mass is 127. The zero-order valence-electron chi connectivity index (χ0n) is 14.1. The van der Waals surface area contributed by atoms with Crippen molar-refractivity contribution in [1.29, 1.82) is 0 Å². The Balaban J connectivity index is 0.00000484. The van der Waals surface area contributed by atoms with Crippen molar-refractivity contribution >= 4 is 35.8 Å². The van der Waals surface area contributed by atoms with E-state index < -0.39 is 5.41 Å². The molecule has 0 aromatic heterocycles. The Labute approximate surface area is 154 Å². The molecule has 0 spiro atoms. The Morgan fingerprint density at radius 2 is 1.78 bits per heavy atom. The SMILES string of the molecule is CCNC(=O)C(C)(C)CNC(=NC)NCc1ccc(F)cc1.I. The third-order valence-electron chi connectivity index (χ3n) is 3.25. The summed E-state index contributed by atoms with van der Waals surface area (Å²) in [5.41, 5.74) is 0.413. The van der Waals surface area contributed by atoms with Crippen LogP contribution in [0.5, 0.6) is 0 Å². The molecule has 1 aromatic rings. The summed E-state index contributed by atoms with van der Waals surface area (Å²) in [6.07, 6.45) is 0. The third-order valence-corrected chi connectivity index (χ3v) is 3.25. The maximum absolute atomic E-state index is 12.8. The molecule has 0 saturated carbocycles. The van der Waals surface area contributed by atoms with Crippen LogP contribution in [-0.2, 0) is 11.3 Å². The summed E-state index contributed by atoms with van der Waals surface area (Å²) in [5, 5.41) is 9.08. The number of benzene rings is 1. The highest BCUT2D eigenvalue weighted by Gasteiger charge is 2.27. The van der Waals surface area contributed by atoms with Crippen LogP contribution in [0, 0.1) is 11.2 Å². The van der Waals surface area contributed by atoms with Gasteiger partial charge in [-0.2, -0.15) is 0 Å². The lowest BCUT2D eigenvalue weighted by Gasteiger charge is -2.24. The van der Waals surface area contributed by atoms with Crippen molar-refractivity contribution in [2.75, 3.05) is 20.1 Å². The summed E-state index contributed by atoms with van der Waals surface area (Å²) in [4.78, 5) is 16.0. The predicted molar refractivity (Wildman–Crippen MR) is 102 cm³/mol. The molecule has 1 rings (SSSR count). The van der Waals surface area contributed by atoms with Gasteiger partial charge in [0.05, 0.1) is 5.41 Å². The number of halogens is 2. The molecular formula is C16H26FIN4O. The van der Waals surface area contributed by atoms with Gasteiger partial charge in [-0.1, -0.05) is 12.1 Å². The first kappa shape index (κ1) is 21.6. The molecule has 3 N–H and O–H groups in total. The number of hydrogen-bond donors (Lipinski definition) is 3. The van der Waals surface area contributed by atoms with Gasteiger partial charge < -0.3 is 16.0 Å². The van der Waals surface area contributed by atoms with Gasteiger partial charge in [-0.3, -0.25) is 9.79 Å². The molecule has 23 heavy (non-hydrogen) atoms. The second-order valence-electron chi connectivity index (χ2n) is 5.65. The van der Waals surface area contributed by atoms with E-state index in [0.29, 0.717) is 25.6 Å². The molecule has 0 heterocycles. The van der Waals surface area contributed by atoms with Gasteiger partial charge in [0, 0.05) is 26.7 Å². The molecule has 0 aliphatic heterocycles. The summed E-state index contributed by atoms with van der Waals surface area (Å²) < 4.78 is 12.8. The van der Waals surface area contributed by atoms with Crippen LogP contribution in [-0.4, -0.2) is 32.0 Å². The standard InChI is InChI=1S/C16H25FN4O.HI/c1-5-19-14(22)16(2,3)11-21-15(18-4)20-10-12-6-8-13(17)9-7-12;/h6-9H,5,10-11H2,1-4H3,(H,19,22)(H2,18,20,21);1H. The van der Waals surface area contributed by atoms with E-state index in [9.17, 15) is 9.18 Å². The summed E-state index contributed by atoms with van der Waals surface area (Å²) in [5.74, 6) is 0.341. The fourth-order valence-corrected chi connectivity index (χ4v) is 1.79. The van der Waals surface area contributed by atoms with Crippen molar-refractivity contribution in [3.05, 3.63) is 35.6 Å². The first-order valence-electron chi connectivity index (χ1n) is 7.36. The molecular weight excluding hydrogens is 410 g/mol. The van der Waals surface area contributed by atoms with Crippen LogP contribution in [0.4, 0.5) is 4.39 Å². The van der Waals surface area contributed by atoms with E-state index in [-0.39, 0.29) is 35.7 Å². The Morgan fingerprint density at radius 1 is 1.17 bits per heavy atom. The molecule has 0 aliphatic carbocycles. The van der Waals surface area contributed by atoms with Crippen LogP contribution in [0.3, 0.4) is 0 Å². The van der Waals surface area contributed by atoms with E-state index in [1.165, 1.54) is 12.1 Å². The Morgan fingerprint density at radius 3 is 2.30 bits per heavy atom. The minimum absolute atomic E-state index is 0. The van der Waals surface area contributed by atoms with Crippen molar-refractivity contribution in [3.63, 3.8) is 0 Å². The van der Waals surface area contributed by atoms with Gasteiger partial charge in [0.25, 0.3) is 0 Å². The number of carbonyl (C=O) groups excluding carboxylic acids is 1. The highest BCUT2D eigenvalue weighted by molar-refractivity contribution is 14.0. The van der Waals surface area contributed by atoms with Crippen LogP contribution in [0.2, 0.25) is 0 Å². The number of nitrogens with one attached hydrogen (secondary N) is 3. The number of carbonyl (C=O) groups is 1. The zero-order chi connectivity index (χ0) is 16.6. The lowest BCUT2D eigenvalue weighted by molar-refractivity contribution is -0.128. The van der Waals surface area contributed by atoms with Crippen molar-refractivity contribution in [2.45, 2.75) is 27.3 Å². The Kier molecular flexibility index (Phi) is 9.78. The molecule has 0 atom stereocenters. The van der Waals surface area contributed by atoms with Crippen LogP contribution in [0.1, 0.15) is 26.3 Å². The van der Waals surface area contributed by atoms with Gasteiger partial charge in [-0.05, 0) is 38.5 Å². The summed E-state index contributed by atoms with van der Waals surface area (Å²) in [7, 11) is 1.67. The molecule has 0 bridgehead atoms. The highest BCUT2D eigenvalue weighted by Crippen LogP contribution is 2.13. The van der Waals surface area contributed by atoms with E-state index in [2.05, 4.69) is 20.9 Å². The summed E-state index contributed by atoms with van der Waals surface area (Å²) >= 11 is 0. The average molecular weight is 436 g/mol. The predicted octanol–water partition coefficient (Wildman–Crippen LogP) is 2.27. The van der Waals surface area contributed by atoms with Gasteiger partial charge >= 0.3 is 0 Å². The second-order valence-corrected chi connectivity index (χ2v) is 5.65. The largest absolute Gasteiger partial charge is 0.356 e. The second kappa shape index (κ2) is 10.4. The van der Waals surface area contributed by atoms with Crippen LogP contribution < -0.4 is 16.0 Å². The Bertz CT molecular complexity index is 517. The first-order valence-corrected chi connectivity index (χ1v) is 7.36. The molecule has 130 valence electrons. The smallest absolute Gasteiger partial charge is 0.227 e. The molecule has 1 aromatic carbocycles. The lowest BCUT2D eigenvalue weighted by Crippen LogP contribution is -2.47. The maximum Gasteiger partial charge on any atom is 0.227 e. The van der Waals surface area contributed by atoms with Crippen LogP contribution in [0.25, 0.3) is 0 Å². The van der Waals surface area contributed by atoms with E-state index in [4.69, 9.17) is 0 Å². The van der Waals surface area contributed by atoms with Crippen LogP contribution in [0.15, 0.2) is 29.3 Å². The molecule has 0 unspecified atom stereocenters. The summed E-state index contributed by atoms with van der Waals surface area (Å²) in [6.45, 7) is 7.24. The number of hydrogen-bond acceptors (Lipinski definition) is 2. The van der Waals surface area contributed by atoms with E-state index in [0.717, 1.165) is 5.56 Å². The fourth-order valence-electron chi connectivity index (χ4n) is 1.79. The van der Waals surface area contributed by atoms with Crippen molar-refractivity contribution in [3.8, 4) is 0 Å². The molecule has 0 radical (unpaired) electrons. The topological polar surface area (TPSA) is 65.5 Å². The average Bonchev–Trinajstić information content (AvgIpc) is 2.49. The quantitative estimate of drug-likeness (QED) is 0.364. The van der Waals surface area contributed by atoms with E-state index in [1.54, 1.807) is 19.2 Å². The van der Waals surface area contributed by atoms with Crippen molar-refractivity contribution in [2.24, 2.45) is 10.4 Å². The van der Waals surface area contributed by atoms with Crippen LogP contribution >= 0.6 is 24.0 Å². The molecule has 0 saturated heterocycles. The van der Waals surface area contributed by atoms with Gasteiger partial charge in [0.15, 0.2) is 5.96 Å². The molecule has 5 nitrogen and oxygen atoms in total. The number of guanidine groups is 1. The first-order chi connectivity index (χ1) is 10.4. The monoisotopic (exact) mass is 436 g/mol. The van der Waals surface area contributed by atoms with Gasteiger partial charge in [-0.25, -0.2) is 4.39 Å². The Hall–Kier alpha value is -1.38. The van der Waals surface area contributed by atoms with Gasteiger partial charge in [0.1, 0.15) is 5.82 Å². The minimum atomic E-state index is -0.538. The normalized spacial score (nSPS) is 11.4. The van der Waals surface area contributed by atoms with E-state index >= 15 is 0 Å². The number of rotatable bonds is 6. The molecule has 1 amide bonds. The fraction of sp³-hybridized carbons (Fsp3) is 0.500. The van der Waals surface area contributed by atoms with Crippen molar-refractivity contribution in [1.82, 2.24) is 16.0 Å². The molecule has 7 heteroatoms. The van der Waals surface area contributed by atoms with E-state index in [1.807, 2.05) is 20.8 Å². The molecule has 0 aliphatic rings. The third kappa shape index (κ3) is 7.62. The summed E-state index contributed by atoms with van der Waals surface area (Å²) in [6, 6.07) is 6.28. The zero-order valence-corrected chi connectivity index (χ0v) is 16.4. The maximum atomic E-state index is 12.8. The number of nitrogens with zero attached hydrogens (tertiary/aromatic N) is 1. The van der Waals surface area contributed by atoms with Gasteiger partial charge in [0.2, 0.25) is 5.91 Å².